The Hall–Kier alpha value is -3.67. The maximum Gasteiger partial charge on any atom is 0.306 e. The van der Waals surface area contributed by atoms with E-state index in [-0.39, 0.29) is 31.1 Å². The highest BCUT2D eigenvalue weighted by molar-refractivity contribution is 5.71. The third-order valence-corrected chi connectivity index (χ3v) is 12.8. The van der Waals surface area contributed by atoms with Crippen LogP contribution in [0.4, 0.5) is 0 Å². The van der Waals surface area contributed by atoms with Crippen LogP contribution in [-0.2, 0) is 28.6 Å². The number of rotatable bonds is 54. The summed E-state index contributed by atoms with van der Waals surface area (Å²) in [6, 6.07) is 0. The molecule has 0 amide bonds. The molecule has 0 saturated carbocycles. The molecule has 72 heavy (non-hydrogen) atoms. The lowest BCUT2D eigenvalue weighted by atomic mass is 10.1. The Labute approximate surface area is 445 Å². The molecule has 1 atom stereocenters. The summed E-state index contributed by atoms with van der Waals surface area (Å²) >= 11 is 0. The van der Waals surface area contributed by atoms with Gasteiger partial charge in [0.2, 0.25) is 0 Å². The summed E-state index contributed by atoms with van der Waals surface area (Å²) in [5, 5.41) is 0. The summed E-state index contributed by atoms with van der Waals surface area (Å²) in [5.41, 5.74) is 0. The van der Waals surface area contributed by atoms with Crippen molar-refractivity contribution in [3.63, 3.8) is 0 Å². The summed E-state index contributed by atoms with van der Waals surface area (Å²) in [7, 11) is 0. The van der Waals surface area contributed by atoms with Crippen LogP contribution in [0.15, 0.2) is 97.2 Å². The van der Waals surface area contributed by atoms with Gasteiger partial charge in [-0.15, -0.1) is 0 Å². The minimum Gasteiger partial charge on any atom is -0.462 e. The Morgan fingerprint density at radius 3 is 0.875 bits per heavy atom. The number of unbranched alkanes of at least 4 members (excludes halogenated alkanes) is 27. The van der Waals surface area contributed by atoms with Crippen LogP contribution in [-0.4, -0.2) is 37.2 Å². The van der Waals surface area contributed by atoms with E-state index in [1.807, 2.05) is 0 Å². The number of allylic oxidation sites excluding steroid dienone is 16. The van der Waals surface area contributed by atoms with Crippen LogP contribution in [0, 0.1) is 0 Å². The molecule has 0 aromatic heterocycles. The third-order valence-electron chi connectivity index (χ3n) is 12.8. The SMILES string of the molecule is CC/C=C\C/C=C\C/C=C\C/C=C\C/C=C\CCCCCCCC(=O)OCC(COC(=O)CCCCCCC/C=C\C/C=C\CCCCCC)OC(=O)CCCCCCCCC/C=C\CCCCCCCC. The van der Waals surface area contributed by atoms with Gasteiger partial charge < -0.3 is 14.2 Å². The summed E-state index contributed by atoms with van der Waals surface area (Å²) in [6.07, 6.45) is 79.6. The molecule has 0 aliphatic heterocycles. The van der Waals surface area contributed by atoms with Crippen LogP contribution < -0.4 is 0 Å². The molecule has 0 heterocycles. The van der Waals surface area contributed by atoms with E-state index in [1.165, 1.54) is 109 Å². The van der Waals surface area contributed by atoms with Crippen molar-refractivity contribution in [3.8, 4) is 0 Å². The quantitative estimate of drug-likeness (QED) is 0.0261. The van der Waals surface area contributed by atoms with Crippen molar-refractivity contribution in [3.05, 3.63) is 97.2 Å². The van der Waals surface area contributed by atoms with Gasteiger partial charge in [0.05, 0.1) is 0 Å². The number of ether oxygens (including phenoxy) is 3. The average molecular weight is 1000 g/mol. The van der Waals surface area contributed by atoms with Crippen LogP contribution in [0.5, 0.6) is 0 Å². The standard InChI is InChI=1S/C66H112O6/c1-4-7-10-13-16-19-22-25-28-31-32-33-34-36-38-41-44-47-50-53-56-59-65(68)71-62-63(61-70-64(67)58-55-52-49-46-43-40-37-30-27-24-21-18-15-12-9-6-3)72-66(69)60-57-54-51-48-45-42-39-35-29-26-23-20-17-14-11-8-5-2/h7,10,16,19,21,24-26,28-30,32-33,36-38,63H,4-6,8-9,11-15,17-18,20,22-23,27,31,34-35,39-62H2,1-3H3/b10-7-,19-16-,24-21-,28-25-,29-26-,33-32-,37-30-,38-36-. The van der Waals surface area contributed by atoms with Gasteiger partial charge in [0.15, 0.2) is 6.10 Å². The average Bonchev–Trinajstić information content (AvgIpc) is 3.38. The Morgan fingerprint density at radius 1 is 0.292 bits per heavy atom. The monoisotopic (exact) mass is 1000 g/mol. The van der Waals surface area contributed by atoms with Crippen molar-refractivity contribution >= 4 is 17.9 Å². The van der Waals surface area contributed by atoms with Crippen molar-refractivity contribution in [2.24, 2.45) is 0 Å². The molecule has 0 aromatic rings. The summed E-state index contributed by atoms with van der Waals surface area (Å²) < 4.78 is 16.9. The second-order valence-corrected chi connectivity index (χ2v) is 19.9. The highest BCUT2D eigenvalue weighted by Gasteiger charge is 2.19. The molecule has 6 nitrogen and oxygen atoms in total. The summed E-state index contributed by atoms with van der Waals surface area (Å²) in [5.74, 6) is -0.923. The first-order valence-electron chi connectivity index (χ1n) is 30.2. The molecule has 0 saturated heterocycles. The van der Waals surface area contributed by atoms with Crippen LogP contribution in [0.25, 0.3) is 0 Å². The molecule has 6 heteroatoms. The van der Waals surface area contributed by atoms with Crippen LogP contribution >= 0.6 is 0 Å². The number of carbonyl (C=O) groups is 3. The van der Waals surface area contributed by atoms with Crippen molar-refractivity contribution < 1.29 is 28.6 Å². The molecule has 0 aliphatic rings. The van der Waals surface area contributed by atoms with Gasteiger partial charge in [0, 0.05) is 19.3 Å². The van der Waals surface area contributed by atoms with Gasteiger partial charge in [-0.2, -0.15) is 0 Å². The Balaban J connectivity index is 4.45. The lowest BCUT2D eigenvalue weighted by Crippen LogP contribution is -2.30. The first-order chi connectivity index (χ1) is 35.5. The van der Waals surface area contributed by atoms with Gasteiger partial charge in [0.1, 0.15) is 13.2 Å². The van der Waals surface area contributed by atoms with Crippen LogP contribution in [0.2, 0.25) is 0 Å². The fourth-order valence-electron chi connectivity index (χ4n) is 8.26. The highest BCUT2D eigenvalue weighted by Crippen LogP contribution is 2.15. The molecule has 0 bridgehead atoms. The molecule has 0 fully saturated rings. The highest BCUT2D eigenvalue weighted by atomic mass is 16.6. The molecule has 0 N–H and O–H groups in total. The van der Waals surface area contributed by atoms with E-state index < -0.39 is 6.10 Å². The van der Waals surface area contributed by atoms with Crippen molar-refractivity contribution in [1.82, 2.24) is 0 Å². The fraction of sp³-hybridized carbons (Fsp3) is 0.712. The minimum atomic E-state index is -0.796. The molecule has 0 rings (SSSR count). The third kappa shape index (κ3) is 57.2. The van der Waals surface area contributed by atoms with Crippen molar-refractivity contribution in [2.75, 3.05) is 13.2 Å². The van der Waals surface area contributed by atoms with E-state index in [4.69, 9.17) is 14.2 Å². The largest absolute Gasteiger partial charge is 0.462 e. The molecule has 0 spiro atoms. The summed E-state index contributed by atoms with van der Waals surface area (Å²) in [4.78, 5) is 38.3. The summed E-state index contributed by atoms with van der Waals surface area (Å²) in [6.45, 7) is 6.49. The number of hydrogen-bond acceptors (Lipinski definition) is 6. The normalized spacial score (nSPS) is 12.8. The molecule has 0 radical (unpaired) electrons. The van der Waals surface area contributed by atoms with Gasteiger partial charge in [0.25, 0.3) is 0 Å². The number of carbonyl (C=O) groups excluding carboxylic acids is 3. The second-order valence-electron chi connectivity index (χ2n) is 19.9. The van der Waals surface area contributed by atoms with E-state index in [0.717, 1.165) is 135 Å². The van der Waals surface area contributed by atoms with E-state index in [9.17, 15) is 14.4 Å². The lowest BCUT2D eigenvalue weighted by Gasteiger charge is -2.18. The van der Waals surface area contributed by atoms with Crippen molar-refractivity contribution in [1.29, 1.82) is 0 Å². The smallest absolute Gasteiger partial charge is 0.306 e. The van der Waals surface area contributed by atoms with Gasteiger partial charge >= 0.3 is 17.9 Å². The maximum absolute atomic E-state index is 12.9. The predicted octanol–water partition coefficient (Wildman–Crippen LogP) is 20.5. The van der Waals surface area contributed by atoms with Gasteiger partial charge in [-0.3, -0.25) is 14.4 Å². The van der Waals surface area contributed by atoms with Crippen LogP contribution in [0.1, 0.15) is 284 Å². The lowest BCUT2D eigenvalue weighted by molar-refractivity contribution is -0.167. The Bertz CT molecular complexity index is 1430. The van der Waals surface area contributed by atoms with Gasteiger partial charge in [-0.05, 0) is 122 Å². The van der Waals surface area contributed by atoms with Gasteiger partial charge in [-0.25, -0.2) is 0 Å². The molecule has 412 valence electrons. The Morgan fingerprint density at radius 2 is 0.542 bits per heavy atom. The first kappa shape index (κ1) is 68.3. The topological polar surface area (TPSA) is 78.9 Å². The molecular weight excluding hydrogens is 889 g/mol. The van der Waals surface area contributed by atoms with E-state index >= 15 is 0 Å². The number of esters is 3. The fourth-order valence-corrected chi connectivity index (χ4v) is 8.26. The molecule has 0 aliphatic carbocycles. The maximum atomic E-state index is 12.9. The zero-order valence-electron chi connectivity index (χ0n) is 47.2. The van der Waals surface area contributed by atoms with Crippen LogP contribution in [0.3, 0.4) is 0 Å². The van der Waals surface area contributed by atoms with E-state index in [1.54, 1.807) is 0 Å². The van der Waals surface area contributed by atoms with E-state index in [2.05, 4.69) is 118 Å². The van der Waals surface area contributed by atoms with Crippen molar-refractivity contribution in [2.45, 2.75) is 290 Å². The Kier molecular flexibility index (Phi) is 56.8. The molecule has 0 aromatic carbocycles. The first-order valence-corrected chi connectivity index (χ1v) is 30.2. The zero-order chi connectivity index (χ0) is 52.2. The van der Waals surface area contributed by atoms with E-state index in [0.29, 0.717) is 19.3 Å². The predicted molar refractivity (Wildman–Crippen MR) is 311 cm³/mol. The number of hydrogen-bond donors (Lipinski definition) is 0. The second kappa shape index (κ2) is 59.9. The molecule has 1 unspecified atom stereocenters. The molecular formula is C66H112O6. The zero-order valence-corrected chi connectivity index (χ0v) is 47.2. The van der Waals surface area contributed by atoms with Gasteiger partial charge in [-0.1, -0.05) is 240 Å². The minimum absolute atomic E-state index is 0.0929.